The number of pyridine rings is 1. The predicted molar refractivity (Wildman–Crippen MR) is 86.7 cm³/mol. The molecule has 0 bridgehead atoms. The van der Waals surface area contributed by atoms with Crippen molar-refractivity contribution in [2.45, 2.75) is 4.90 Å². The first-order chi connectivity index (χ1) is 10.9. The van der Waals surface area contributed by atoms with Gasteiger partial charge in [-0.25, -0.2) is 22.7 Å². The number of sulfonamides is 1. The van der Waals surface area contributed by atoms with E-state index >= 15 is 0 Å². The number of methoxy groups -OCH3 is 1. The molecule has 7 nitrogen and oxygen atoms in total. The van der Waals surface area contributed by atoms with Gasteiger partial charge in [-0.05, 0) is 24.3 Å². The van der Waals surface area contributed by atoms with Crippen LogP contribution in [0.4, 0.5) is 0 Å². The lowest BCUT2D eigenvalue weighted by atomic mass is 10.2. The highest BCUT2D eigenvalue weighted by Gasteiger charge is 2.20. The number of aromatic nitrogens is 3. The molecule has 2 aromatic heterocycles. The van der Waals surface area contributed by atoms with Crippen LogP contribution in [0, 0.1) is 0 Å². The Balaban J connectivity index is 2.13. The highest BCUT2D eigenvalue weighted by Crippen LogP contribution is 2.31. The van der Waals surface area contributed by atoms with Crippen molar-refractivity contribution in [2.24, 2.45) is 0 Å². The van der Waals surface area contributed by atoms with Gasteiger partial charge in [0.15, 0.2) is 5.65 Å². The summed E-state index contributed by atoms with van der Waals surface area (Å²) in [4.78, 5) is 11.9. The van der Waals surface area contributed by atoms with Gasteiger partial charge in [-0.15, -0.1) is 0 Å². The summed E-state index contributed by atoms with van der Waals surface area (Å²) in [7, 11) is 0.943. The number of fused-ring (bicyclic) bond motifs is 1. The molecule has 1 N–H and O–H groups in total. The Morgan fingerprint density at radius 1 is 1.22 bits per heavy atom. The SMILES string of the molecule is COc1cc(S(=O)(=O)N(C)C)ccc1-c1nc2ncccc2[nH]1. The van der Waals surface area contributed by atoms with Crippen LogP contribution in [0.2, 0.25) is 0 Å². The molecule has 0 saturated heterocycles. The van der Waals surface area contributed by atoms with Gasteiger partial charge in [0.25, 0.3) is 0 Å². The zero-order valence-electron chi connectivity index (χ0n) is 12.9. The Bertz CT molecular complexity index is 931. The number of H-pyrrole nitrogens is 1. The van der Waals surface area contributed by atoms with Crippen LogP contribution in [-0.2, 0) is 10.0 Å². The summed E-state index contributed by atoms with van der Waals surface area (Å²) in [6.45, 7) is 0. The van der Waals surface area contributed by atoms with Gasteiger partial charge in [0.1, 0.15) is 11.6 Å². The molecular formula is C15H16N4O3S. The molecular weight excluding hydrogens is 316 g/mol. The third kappa shape index (κ3) is 2.66. The molecule has 0 fully saturated rings. The number of aromatic amines is 1. The third-order valence-corrected chi connectivity index (χ3v) is 5.28. The minimum atomic E-state index is -3.52. The monoisotopic (exact) mass is 332 g/mol. The molecule has 3 aromatic rings. The molecule has 0 spiro atoms. The van der Waals surface area contributed by atoms with Crippen molar-refractivity contribution in [3.63, 3.8) is 0 Å². The number of benzene rings is 1. The molecule has 0 aliphatic heterocycles. The number of rotatable bonds is 4. The summed E-state index contributed by atoms with van der Waals surface area (Å²) >= 11 is 0. The maximum atomic E-state index is 12.2. The summed E-state index contributed by atoms with van der Waals surface area (Å²) in [5.41, 5.74) is 2.06. The second-order valence-corrected chi connectivity index (χ2v) is 7.26. The lowest BCUT2D eigenvalue weighted by Gasteiger charge is -2.13. The van der Waals surface area contributed by atoms with E-state index in [4.69, 9.17) is 4.74 Å². The molecule has 2 heterocycles. The molecule has 0 radical (unpaired) electrons. The van der Waals surface area contributed by atoms with Crippen LogP contribution in [0.25, 0.3) is 22.6 Å². The molecule has 8 heteroatoms. The van der Waals surface area contributed by atoms with E-state index in [2.05, 4.69) is 15.0 Å². The molecule has 120 valence electrons. The number of nitrogens with zero attached hydrogens (tertiary/aromatic N) is 3. The van der Waals surface area contributed by atoms with Crippen LogP contribution < -0.4 is 4.74 Å². The highest BCUT2D eigenvalue weighted by atomic mass is 32.2. The van der Waals surface area contributed by atoms with E-state index < -0.39 is 10.0 Å². The summed E-state index contributed by atoms with van der Waals surface area (Å²) in [6, 6.07) is 8.39. The fourth-order valence-electron chi connectivity index (χ4n) is 2.21. The van der Waals surface area contributed by atoms with E-state index in [0.29, 0.717) is 22.8 Å². The van der Waals surface area contributed by atoms with Crippen LogP contribution >= 0.6 is 0 Å². The third-order valence-electron chi connectivity index (χ3n) is 3.46. The Morgan fingerprint density at radius 3 is 2.65 bits per heavy atom. The zero-order chi connectivity index (χ0) is 16.6. The molecule has 0 unspecified atom stereocenters. The van der Waals surface area contributed by atoms with E-state index in [1.807, 2.05) is 12.1 Å². The van der Waals surface area contributed by atoms with Crippen LogP contribution in [0.5, 0.6) is 5.75 Å². The summed E-state index contributed by atoms with van der Waals surface area (Å²) in [6.07, 6.45) is 1.66. The van der Waals surface area contributed by atoms with Crippen molar-refractivity contribution >= 4 is 21.2 Å². The van der Waals surface area contributed by atoms with Gasteiger partial charge in [0.2, 0.25) is 10.0 Å². The van der Waals surface area contributed by atoms with Crippen molar-refractivity contribution in [1.29, 1.82) is 0 Å². The average Bonchev–Trinajstić information content (AvgIpc) is 2.97. The van der Waals surface area contributed by atoms with Crippen molar-refractivity contribution in [1.82, 2.24) is 19.3 Å². The Morgan fingerprint density at radius 2 is 2.00 bits per heavy atom. The first-order valence-electron chi connectivity index (χ1n) is 6.85. The summed E-state index contributed by atoms with van der Waals surface area (Å²) < 4.78 is 31.0. The van der Waals surface area contributed by atoms with Gasteiger partial charge in [-0.2, -0.15) is 0 Å². The molecule has 0 aliphatic rings. The van der Waals surface area contributed by atoms with Crippen molar-refractivity contribution in [3.05, 3.63) is 36.5 Å². The molecule has 3 rings (SSSR count). The van der Waals surface area contributed by atoms with Crippen LogP contribution in [0.15, 0.2) is 41.4 Å². The largest absolute Gasteiger partial charge is 0.496 e. The lowest BCUT2D eigenvalue weighted by Crippen LogP contribution is -2.22. The van der Waals surface area contributed by atoms with Gasteiger partial charge in [0, 0.05) is 26.4 Å². The van der Waals surface area contributed by atoms with E-state index in [9.17, 15) is 8.42 Å². The predicted octanol–water partition coefficient (Wildman–Crippen LogP) is 1.88. The average molecular weight is 332 g/mol. The highest BCUT2D eigenvalue weighted by molar-refractivity contribution is 7.89. The topological polar surface area (TPSA) is 88.2 Å². The van der Waals surface area contributed by atoms with Gasteiger partial charge in [0.05, 0.1) is 23.1 Å². The molecule has 0 aliphatic carbocycles. The summed E-state index contributed by atoms with van der Waals surface area (Å²) in [5.74, 6) is 0.997. The van der Waals surface area contributed by atoms with Gasteiger partial charge in [-0.3, -0.25) is 0 Å². The number of ether oxygens (including phenoxy) is 1. The van der Waals surface area contributed by atoms with Crippen molar-refractivity contribution in [3.8, 4) is 17.1 Å². The number of nitrogens with one attached hydrogen (secondary N) is 1. The normalized spacial score (nSPS) is 12.0. The molecule has 23 heavy (non-hydrogen) atoms. The van der Waals surface area contributed by atoms with E-state index in [0.717, 1.165) is 9.82 Å². The number of hydrogen-bond donors (Lipinski definition) is 1. The Labute approximate surface area is 134 Å². The molecule has 1 aromatic carbocycles. The standard InChI is InChI=1S/C15H16N4O3S/c1-19(2)23(20,21)10-6-7-11(13(9-10)22-3)14-17-12-5-4-8-16-15(12)18-14/h4-9H,1-3H3,(H,16,17,18). The second-order valence-electron chi connectivity index (χ2n) is 5.11. The quantitative estimate of drug-likeness (QED) is 0.788. The second kappa shape index (κ2) is 5.64. The fourth-order valence-corrected chi connectivity index (χ4v) is 3.13. The maximum Gasteiger partial charge on any atom is 0.242 e. The molecule has 0 atom stereocenters. The number of imidazole rings is 1. The van der Waals surface area contributed by atoms with Crippen LogP contribution in [-0.4, -0.2) is 48.9 Å². The van der Waals surface area contributed by atoms with Crippen LogP contribution in [0.3, 0.4) is 0 Å². The molecule has 0 amide bonds. The van der Waals surface area contributed by atoms with Gasteiger partial charge >= 0.3 is 0 Å². The summed E-state index contributed by atoms with van der Waals surface area (Å²) in [5, 5.41) is 0. The van der Waals surface area contributed by atoms with Gasteiger partial charge < -0.3 is 9.72 Å². The van der Waals surface area contributed by atoms with E-state index in [1.165, 1.54) is 33.3 Å². The number of hydrogen-bond acceptors (Lipinski definition) is 5. The van der Waals surface area contributed by atoms with E-state index in [1.54, 1.807) is 12.3 Å². The smallest absolute Gasteiger partial charge is 0.242 e. The first-order valence-corrected chi connectivity index (χ1v) is 8.29. The van der Waals surface area contributed by atoms with Crippen LogP contribution in [0.1, 0.15) is 0 Å². The first kappa shape index (κ1) is 15.4. The maximum absolute atomic E-state index is 12.2. The zero-order valence-corrected chi connectivity index (χ0v) is 13.8. The minimum Gasteiger partial charge on any atom is -0.496 e. The van der Waals surface area contributed by atoms with Crippen molar-refractivity contribution < 1.29 is 13.2 Å². The van der Waals surface area contributed by atoms with Gasteiger partial charge in [-0.1, -0.05) is 0 Å². The lowest BCUT2D eigenvalue weighted by molar-refractivity contribution is 0.414. The Hall–Kier alpha value is -2.45. The Kier molecular flexibility index (Phi) is 3.78. The molecule has 0 saturated carbocycles. The minimum absolute atomic E-state index is 0.164. The van der Waals surface area contributed by atoms with E-state index in [-0.39, 0.29) is 4.90 Å². The fraction of sp³-hybridized carbons (Fsp3) is 0.200. The van der Waals surface area contributed by atoms with Crippen molar-refractivity contribution in [2.75, 3.05) is 21.2 Å².